The van der Waals surface area contributed by atoms with Crippen molar-refractivity contribution in [2.75, 3.05) is 19.0 Å². The number of benzene rings is 3. The van der Waals surface area contributed by atoms with Gasteiger partial charge in [-0.25, -0.2) is 17.5 Å². The minimum Gasteiger partial charge on any atom is -0.464 e. The largest absolute Gasteiger partial charge is 0.464 e. The Balaban J connectivity index is 1.88. The van der Waals surface area contributed by atoms with E-state index in [0.29, 0.717) is 22.4 Å². The quantitative estimate of drug-likeness (QED) is 0.585. The Hall–Kier alpha value is -3.91. The second kappa shape index (κ2) is 8.91. The number of hydrogen-bond acceptors (Lipinski definition) is 5. The highest BCUT2D eigenvalue weighted by Gasteiger charge is 2.41. The number of aryl methyl sites for hydroxylation is 1. The lowest BCUT2D eigenvalue weighted by Crippen LogP contribution is -2.43. The molecule has 4 rings (SSSR count). The zero-order valence-corrected chi connectivity index (χ0v) is 18.9. The van der Waals surface area contributed by atoms with Crippen LogP contribution >= 0.6 is 0 Å². The van der Waals surface area contributed by atoms with E-state index < -0.39 is 28.4 Å². The lowest BCUT2D eigenvalue weighted by Gasteiger charge is -2.32. The molecule has 0 atom stereocenters. The summed E-state index contributed by atoms with van der Waals surface area (Å²) in [6, 6.07) is 22.5. The van der Waals surface area contributed by atoms with Gasteiger partial charge in [0.2, 0.25) is 5.91 Å². The van der Waals surface area contributed by atoms with Crippen LogP contribution in [0, 0.1) is 6.92 Å². The molecule has 0 saturated carbocycles. The standard InChI is InChI=1S/C25H22N2O5S/c1-17-10-6-8-14-20(17)26-22(28)16-27-24(25(29)32-2)23(18-11-4-3-5-12-18)19-13-7-9-15-21(19)33(27,30)31/h3-15H,16H2,1-2H3,(H,26,28). The van der Waals surface area contributed by atoms with E-state index in [0.717, 1.165) is 9.87 Å². The first kappa shape index (κ1) is 22.3. The molecule has 0 bridgehead atoms. The van der Waals surface area contributed by atoms with E-state index in [4.69, 9.17) is 4.74 Å². The van der Waals surface area contributed by atoms with Crippen LogP contribution in [-0.4, -0.2) is 38.3 Å². The number of fused-ring (bicyclic) bond motifs is 1. The maximum atomic E-state index is 13.6. The summed E-state index contributed by atoms with van der Waals surface area (Å²) < 4.78 is 32.9. The van der Waals surface area contributed by atoms with Crippen molar-refractivity contribution in [2.45, 2.75) is 11.8 Å². The molecule has 1 heterocycles. The van der Waals surface area contributed by atoms with E-state index in [1.807, 2.05) is 25.1 Å². The first-order chi connectivity index (χ1) is 15.8. The van der Waals surface area contributed by atoms with Crippen LogP contribution < -0.4 is 5.32 Å². The van der Waals surface area contributed by atoms with Gasteiger partial charge in [-0.15, -0.1) is 0 Å². The normalized spacial score (nSPS) is 14.4. The molecule has 7 nitrogen and oxygen atoms in total. The Morgan fingerprint density at radius 3 is 2.24 bits per heavy atom. The summed E-state index contributed by atoms with van der Waals surface area (Å²) in [5.74, 6) is -1.43. The van der Waals surface area contributed by atoms with Crippen molar-refractivity contribution in [1.29, 1.82) is 0 Å². The monoisotopic (exact) mass is 462 g/mol. The van der Waals surface area contributed by atoms with Gasteiger partial charge in [0.15, 0.2) is 0 Å². The molecule has 0 radical (unpaired) electrons. The number of ether oxygens (including phenoxy) is 1. The lowest BCUT2D eigenvalue weighted by atomic mass is 9.95. The number of anilines is 1. The molecule has 1 N–H and O–H groups in total. The van der Waals surface area contributed by atoms with Crippen molar-refractivity contribution in [3.63, 3.8) is 0 Å². The zero-order valence-electron chi connectivity index (χ0n) is 18.1. The van der Waals surface area contributed by atoms with E-state index >= 15 is 0 Å². The van der Waals surface area contributed by atoms with Crippen LogP contribution in [0.4, 0.5) is 5.69 Å². The fourth-order valence-electron chi connectivity index (χ4n) is 3.78. The summed E-state index contributed by atoms with van der Waals surface area (Å²) >= 11 is 0. The predicted octanol–water partition coefficient (Wildman–Crippen LogP) is 3.57. The Kier molecular flexibility index (Phi) is 6.02. The number of nitrogens with zero attached hydrogens (tertiary/aromatic N) is 1. The molecule has 0 spiro atoms. The zero-order chi connectivity index (χ0) is 23.6. The minimum absolute atomic E-state index is 0.0141. The molecule has 3 aromatic rings. The fraction of sp³-hybridized carbons (Fsp3) is 0.120. The van der Waals surface area contributed by atoms with Gasteiger partial charge in [0.25, 0.3) is 10.0 Å². The van der Waals surface area contributed by atoms with Crippen LogP contribution in [-0.2, 0) is 24.3 Å². The van der Waals surface area contributed by atoms with Crippen LogP contribution in [0.3, 0.4) is 0 Å². The molecule has 3 aromatic carbocycles. The second-order valence-electron chi connectivity index (χ2n) is 7.45. The molecular formula is C25H22N2O5S. The van der Waals surface area contributed by atoms with Crippen molar-refractivity contribution in [2.24, 2.45) is 0 Å². The van der Waals surface area contributed by atoms with Crippen LogP contribution in [0.2, 0.25) is 0 Å². The molecule has 0 fully saturated rings. The van der Waals surface area contributed by atoms with Crippen molar-refractivity contribution in [1.82, 2.24) is 4.31 Å². The number of carbonyl (C=O) groups is 2. The van der Waals surface area contributed by atoms with Gasteiger partial charge in [-0.2, -0.15) is 0 Å². The summed E-state index contributed by atoms with van der Waals surface area (Å²) in [7, 11) is -3.03. The van der Waals surface area contributed by atoms with Gasteiger partial charge in [-0.1, -0.05) is 66.7 Å². The van der Waals surface area contributed by atoms with E-state index in [-0.39, 0.29) is 10.6 Å². The first-order valence-corrected chi connectivity index (χ1v) is 11.6. The molecule has 8 heteroatoms. The van der Waals surface area contributed by atoms with Crippen LogP contribution in [0.1, 0.15) is 16.7 Å². The average Bonchev–Trinajstić information content (AvgIpc) is 2.82. The Morgan fingerprint density at radius 2 is 1.55 bits per heavy atom. The van der Waals surface area contributed by atoms with Gasteiger partial charge < -0.3 is 10.1 Å². The topological polar surface area (TPSA) is 92.8 Å². The van der Waals surface area contributed by atoms with E-state index in [2.05, 4.69) is 5.32 Å². The van der Waals surface area contributed by atoms with Gasteiger partial charge in [0, 0.05) is 16.8 Å². The minimum atomic E-state index is -4.21. The third kappa shape index (κ3) is 4.12. The summed E-state index contributed by atoms with van der Waals surface area (Å²) in [5.41, 5.74) is 2.57. The Morgan fingerprint density at radius 1 is 0.909 bits per heavy atom. The summed E-state index contributed by atoms with van der Waals surface area (Å²) in [4.78, 5) is 25.9. The highest BCUT2D eigenvalue weighted by Crippen LogP contribution is 2.40. The number of para-hydroxylation sites is 1. The maximum Gasteiger partial charge on any atom is 0.356 e. The predicted molar refractivity (Wildman–Crippen MR) is 125 cm³/mol. The van der Waals surface area contributed by atoms with Crippen molar-refractivity contribution < 1.29 is 22.7 Å². The summed E-state index contributed by atoms with van der Waals surface area (Å²) in [6.45, 7) is 1.24. The summed E-state index contributed by atoms with van der Waals surface area (Å²) in [6.07, 6.45) is 0. The number of nitrogens with one attached hydrogen (secondary N) is 1. The molecule has 1 amide bonds. The molecule has 168 valence electrons. The molecule has 0 saturated heterocycles. The molecule has 1 aliphatic heterocycles. The van der Waals surface area contributed by atoms with Gasteiger partial charge in [0.05, 0.1) is 12.0 Å². The molecule has 0 unspecified atom stereocenters. The number of hydrogen-bond donors (Lipinski definition) is 1. The molecular weight excluding hydrogens is 440 g/mol. The van der Waals surface area contributed by atoms with Crippen LogP contribution in [0.5, 0.6) is 0 Å². The molecule has 33 heavy (non-hydrogen) atoms. The van der Waals surface area contributed by atoms with Gasteiger partial charge in [0.1, 0.15) is 12.2 Å². The average molecular weight is 463 g/mol. The van der Waals surface area contributed by atoms with Gasteiger partial charge in [-0.05, 0) is 30.2 Å². The molecule has 0 aliphatic carbocycles. The Bertz CT molecular complexity index is 1360. The first-order valence-electron chi connectivity index (χ1n) is 10.2. The van der Waals surface area contributed by atoms with E-state index in [9.17, 15) is 18.0 Å². The number of methoxy groups -OCH3 is 1. The van der Waals surface area contributed by atoms with Crippen molar-refractivity contribution in [3.05, 3.63) is 101 Å². The number of esters is 1. The fourth-order valence-corrected chi connectivity index (χ4v) is 5.41. The van der Waals surface area contributed by atoms with Gasteiger partial charge in [-0.3, -0.25) is 4.79 Å². The smallest absolute Gasteiger partial charge is 0.356 e. The highest BCUT2D eigenvalue weighted by atomic mass is 32.2. The number of amides is 1. The third-order valence-electron chi connectivity index (χ3n) is 5.36. The lowest BCUT2D eigenvalue weighted by molar-refractivity contribution is -0.137. The van der Waals surface area contributed by atoms with E-state index in [1.54, 1.807) is 54.6 Å². The second-order valence-corrected chi connectivity index (χ2v) is 9.28. The maximum absolute atomic E-state index is 13.6. The molecule has 1 aliphatic rings. The number of sulfonamides is 1. The number of carbonyl (C=O) groups excluding carboxylic acids is 2. The summed E-state index contributed by atoms with van der Waals surface area (Å²) in [5, 5.41) is 2.73. The van der Waals surface area contributed by atoms with Crippen LogP contribution in [0.25, 0.3) is 5.57 Å². The Labute approximate surface area is 192 Å². The van der Waals surface area contributed by atoms with Crippen molar-refractivity contribution in [3.8, 4) is 0 Å². The van der Waals surface area contributed by atoms with Crippen molar-refractivity contribution >= 4 is 33.2 Å². The van der Waals surface area contributed by atoms with Gasteiger partial charge >= 0.3 is 5.97 Å². The van der Waals surface area contributed by atoms with E-state index in [1.165, 1.54) is 13.2 Å². The third-order valence-corrected chi connectivity index (χ3v) is 7.16. The van der Waals surface area contributed by atoms with Crippen LogP contribution in [0.15, 0.2) is 89.5 Å². The number of rotatable bonds is 5. The SMILES string of the molecule is COC(=O)C1=C(c2ccccc2)c2ccccc2S(=O)(=O)N1CC(=O)Nc1ccccc1C. The molecule has 0 aromatic heterocycles. The highest BCUT2D eigenvalue weighted by molar-refractivity contribution is 7.89.